The van der Waals surface area contributed by atoms with Crippen LogP contribution in [0.25, 0.3) is 0 Å². The van der Waals surface area contributed by atoms with Crippen molar-refractivity contribution in [3.05, 3.63) is 28.8 Å². The Hall–Kier alpha value is -0.730. The fourth-order valence-corrected chi connectivity index (χ4v) is 2.20. The van der Waals surface area contributed by atoms with Crippen molar-refractivity contribution >= 4 is 11.6 Å². The molecule has 0 heterocycles. The van der Waals surface area contributed by atoms with Crippen LogP contribution in [-0.4, -0.2) is 19.7 Å². The van der Waals surface area contributed by atoms with E-state index in [1.165, 1.54) is 5.56 Å². The molecule has 0 amide bonds. The van der Waals surface area contributed by atoms with Crippen LogP contribution < -0.4 is 10.1 Å². The second-order valence-electron chi connectivity index (χ2n) is 5.16. The first kappa shape index (κ1) is 15.3. The Balaban J connectivity index is 2.52. The monoisotopic (exact) mass is 269 g/mol. The number of ether oxygens (including phenoxy) is 1. The van der Waals surface area contributed by atoms with Gasteiger partial charge in [0.2, 0.25) is 0 Å². The first-order valence-corrected chi connectivity index (χ1v) is 6.96. The zero-order valence-corrected chi connectivity index (χ0v) is 12.6. The Morgan fingerprint density at radius 3 is 2.61 bits per heavy atom. The Morgan fingerprint density at radius 2 is 2.00 bits per heavy atom. The zero-order chi connectivity index (χ0) is 13.5. The average Bonchev–Trinajstić information content (AvgIpc) is 2.28. The highest BCUT2D eigenvalue weighted by atomic mass is 35.5. The van der Waals surface area contributed by atoms with Gasteiger partial charge >= 0.3 is 0 Å². The molecule has 2 nitrogen and oxygen atoms in total. The topological polar surface area (TPSA) is 21.3 Å². The Morgan fingerprint density at radius 1 is 1.28 bits per heavy atom. The van der Waals surface area contributed by atoms with Crippen molar-refractivity contribution in [2.75, 3.05) is 13.7 Å². The maximum Gasteiger partial charge on any atom is 0.122 e. The molecular weight excluding hydrogens is 246 g/mol. The van der Waals surface area contributed by atoms with Crippen molar-refractivity contribution in [2.45, 2.75) is 39.7 Å². The van der Waals surface area contributed by atoms with Crippen LogP contribution in [-0.2, 0) is 6.42 Å². The summed E-state index contributed by atoms with van der Waals surface area (Å²) in [5, 5.41) is 4.22. The first-order chi connectivity index (χ1) is 8.52. The Kier molecular flexibility index (Phi) is 6.51. The van der Waals surface area contributed by atoms with Crippen LogP contribution in [0.3, 0.4) is 0 Å². The van der Waals surface area contributed by atoms with Crippen LogP contribution in [0.4, 0.5) is 0 Å². The number of nitrogens with one attached hydrogen (secondary N) is 1. The van der Waals surface area contributed by atoms with Gasteiger partial charge < -0.3 is 10.1 Å². The molecule has 0 bridgehead atoms. The molecule has 1 aromatic carbocycles. The molecule has 0 saturated heterocycles. The van der Waals surface area contributed by atoms with Gasteiger partial charge in [0.1, 0.15) is 5.75 Å². The third-order valence-corrected chi connectivity index (χ3v) is 3.24. The highest BCUT2D eigenvalue weighted by Gasteiger charge is 2.09. The second kappa shape index (κ2) is 7.65. The maximum atomic E-state index is 6.04. The summed E-state index contributed by atoms with van der Waals surface area (Å²) in [6.45, 7) is 7.67. The average molecular weight is 270 g/mol. The minimum Gasteiger partial charge on any atom is -0.496 e. The van der Waals surface area contributed by atoms with Crippen molar-refractivity contribution in [1.82, 2.24) is 5.32 Å². The molecule has 0 fully saturated rings. The van der Waals surface area contributed by atoms with Gasteiger partial charge in [-0.25, -0.2) is 0 Å². The van der Waals surface area contributed by atoms with E-state index in [1.807, 2.05) is 18.2 Å². The van der Waals surface area contributed by atoms with E-state index in [-0.39, 0.29) is 0 Å². The molecule has 1 aromatic rings. The van der Waals surface area contributed by atoms with E-state index < -0.39 is 0 Å². The lowest BCUT2D eigenvalue weighted by atomic mass is 9.97. The van der Waals surface area contributed by atoms with Crippen molar-refractivity contribution in [2.24, 2.45) is 5.92 Å². The van der Waals surface area contributed by atoms with Crippen LogP contribution in [0, 0.1) is 5.92 Å². The lowest BCUT2D eigenvalue weighted by molar-refractivity contribution is 0.402. The van der Waals surface area contributed by atoms with Gasteiger partial charge in [0.15, 0.2) is 0 Å². The Bertz CT molecular complexity index is 366. The predicted molar refractivity (Wildman–Crippen MR) is 78.6 cm³/mol. The van der Waals surface area contributed by atoms with Crippen LogP contribution >= 0.6 is 11.6 Å². The van der Waals surface area contributed by atoms with Crippen molar-refractivity contribution in [3.63, 3.8) is 0 Å². The normalized spacial score (nSPS) is 12.8. The number of rotatable bonds is 7. The predicted octanol–water partition coefficient (Wildman–Crippen LogP) is 3.92. The lowest BCUT2D eigenvalue weighted by Gasteiger charge is -2.15. The molecule has 1 rings (SSSR count). The van der Waals surface area contributed by atoms with E-state index >= 15 is 0 Å². The minimum atomic E-state index is 0.554. The summed E-state index contributed by atoms with van der Waals surface area (Å²) >= 11 is 6.04. The standard InChI is InChI=1S/C15H24ClNO/c1-11(2)17-8-7-12(3)9-13-10-14(16)5-6-15(13)18-4/h5-6,10-12,17H,7-9H2,1-4H3. The van der Waals surface area contributed by atoms with Crippen molar-refractivity contribution in [1.29, 1.82) is 0 Å². The number of halogens is 1. The minimum absolute atomic E-state index is 0.554. The summed E-state index contributed by atoms with van der Waals surface area (Å²) in [6.07, 6.45) is 2.16. The number of hydrogen-bond acceptors (Lipinski definition) is 2. The molecule has 1 atom stereocenters. The molecule has 102 valence electrons. The molecule has 0 spiro atoms. The highest BCUT2D eigenvalue weighted by Crippen LogP contribution is 2.25. The maximum absolute atomic E-state index is 6.04. The molecule has 0 aromatic heterocycles. The molecular formula is C15H24ClNO. The lowest BCUT2D eigenvalue weighted by Crippen LogP contribution is -2.25. The van der Waals surface area contributed by atoms with E-state index in [9.17, 15) is 0 Å². The van der Waals surface area contributed by atoms with Gasteiger partial charge in [-0.2, -0.15) is 0 Å². The smallest absolute Gasteiger partial charge is 0.122 e. The summed E-state index contributed by atoms with van der Waals surface area (Å²) in [5.74, 6) is 1.55. The second-order valence-corrected chi connectivity index (χ2v) is 5.60. The molecule has 0 aliphatic carbocycles. The van der Waals surface area contributed by atoms with E-state index in [0.29, 0.717) is 12.0 Å². The summed E-state index contributed by atoms with van der Waals surface area (Å²) in [4.78, 5) is 0. The number of hydrogen-bond donors (Lipinski definition) is 1. The van der Waals surface area contributed by atoms with Crippen LogP contribution in [0.5, 0.6) is 5.75 Å². The van der Waals surface area contributed by atoms with Crippen LogP contribution in [0.2, 0.25) is 5.02 Å². The molecule has 18 heavy (non-hydrogen) atoms. The van der Waals surface area contributed by atoms with Gasteiger partial charge in [-0.05, 0) is 49.1 Å². The summed E-state index contributed by atoms with van der Waals surface area (Å²) in [5.41, 5.74) is 1.20. The van der Waals surface area contributed by atoms with Crippen molar-refractivity contribution in [3.8, 4) is 5.75 Å². The summed E-state index contributed by atoms with van der Waals surface area (Å²) < 4.78 is 5.37. The summed E-state index contributed by atoms with van der Waals surface area (Å²) in [6, 6.07) is 6.37. The van der Waals surface area contributed by atoms with Gasteiger partial charge in [0.25, 0.3) is 0 Å². The van der Waals surface area contributed by atoms with Crippen molar-refractivity contribution < 1.29 is 4.74 Å². The quantitative estimate of drug-likeness (QED) is 0.810. The highest BCUT2D eigenvalue weighted by molar-refractivity contribution is 6.30. The van der Waals surface area contributed by atoms with Gasteiger partial charge in [0, 0.05) is 11.1 Å². The van der Waals surface area contributed by atoms with E-state index in [4.69, 9.17) is 16.3 Å². The molecule has 1 N–H and O–H groups in total. The zero-order valence-electron chi connectivity index (χ0n) is 11.8. The van der Waals surface area contributed by atoms with Crippen LogP contribution in [0.15, 0.2) is 18.2 Å². The Labute approximate surface area is 116 Å². The molecule has 0 aliphatic rings. The van der Waals surface area contributed by atoms with Gasteiger partial charge in [-0.15, -0.1) is 0 Å². The van der Waals surface area contributed by atoms with E-state index in [1.54, 1.807) is 7.11 Å². The van der Waals surface area contributed by atoms with E-state index in [0.717, 1.165) is 30.2 Å². The third kappa shape index (κ3) is 5.28. The fraction of sp³-hybridized carbons (Fsp3) is 0.600. The molecule has 3 heteroatoms. The third-order valence-electron chi connectivity index (χ3n) is 3.00. The molecule has 1 unspecified atom stereocenters. The SMILES string of the molecule is COc1ccc(Cl)cc1CC(C)CCNC(C)C. The van der Waals surface area contributed by atoms with Gasteiger partial charge in [0.05, 0.1) is 7.11 Å². The van der Waals surface area contributed by atoms with Gasteiger partial charge in [-0.1, -0.05) is 32.4 Å². The first-order valence-electron chi connectivity index (χ1n) is 6.58. The van der Waals surface area contributed by atoms with Crippen LogP contribution in [0.1, 0.15) is 32.8 Å². The van der Waals surface area contributed by atoms with E-state index in [2.05, 4.69) is 26.1 Å². The molecule has 0 aliphatic heterocycles. The largest absolute Gasteiger partial charge is 0.496 e. The number of benzene rings is 1. The summed E-state index contributed by atoms with van der Waals surface area (Å²) in [7, 11) is 1.71. The number of methoxy groups -OCH3 is 1. The fourth-order valence-electron chi connectivity index (χ4n) is 2.00. The molecule has 0 radical (unpaired) electrons. The molecule has 0 saturated carbocycles. The van der Waals surface area contributed by atoms with Gasteiger partial charge in [-0.3, -0.25) is 0 Å².